The van der Waals surface area contributed by atoms with Crippen LogP contribution in [0.3, 0.4) is 0 Å². The minimum Gasteiger partial charge on any atom is -0.369 e. The van der Waals surface area contributed by atoms with Gasteiger partial charge in [-0.3, -0.25) is 14.9 Å². The van der Waals surface area contributed by atoms with Gasteiger partial charge in [0.1, 0.15) is 11.9 Å². The topological polar surface area (TPSA) is 84.2 Å². The van der Waals surface area contributed by atoms with Gasteiger partial charge in [0, 0.05) is 5.56 Å². The molecule has 1 aromatic rings. The summed E-state index contributed by atoms with van der Waals surface area (Å²) in [7, 11) is 0. The maximum absolute atomic E-state index is 13.6. The van der Waals surface area contributed by atoms with E-state index in [-0.39, 0.29) is 18.1 Å². The van der Waals surface area contributed by atoms with Crippen LogP contribution >= 0.6 is 0 Å². The number of benzene rings is 1. The van der Waals surface area contributed by atoms with E-state index in [0.29, 0.717) is 11.1 Å². The molecule has 0 aromatic heterocycles. The number of carbonyl (C=O) groups is 2. The molecule has 0 radical (unpaired) electrons. The molecule has 17 heavy (non-hydrogen) atoms. The van der Waals surface area contributed by atoms with Crippen LogP contribution in [0.5, 0.6) is 0 Å². The molecular weight excluding hydrogens is 225 g/mol. The number of nitrogens with two attached hydrogens (primary N) is 1. The smallest absolute Gasteiger partial charge is 0.246 e. The molecular formula is C11H12FN3O2. The van der Waals surface area contributed by atoms with Crippen molar-refractivity contribution in [2.45, 2.75) is 13.0 Å². The molecule has 0 saturated carbocycles. The molecule has 0 aliphatic carbocycles. The summed E-state index contributed by atoms with van der Waals surface area (Å²) in [4.78, 5) is 22.3. The molecule has 2 amide bonds. The fourth-order valence-electron chi connectivity index (χ4n) is 1.87. The molecule has 1 atom stereocenters. The van der Waals surface area contributed by atoms with Crippen LogP contribution in [-0.2, 0) is 9.59 Å². The quantitative estimate of drug-likeness (QED) is 0.702. The third-order valence-corrected chi connectivity index (χ3v) is 2.57. The zero-order valence-corrected chi connectivity index (χ0v) is 9.21. The number of nitrogens with one attached hydrogen (secondary N) is 2. The van der Waals surface area contributed by atoms with Crippen molar-refractivity contribution >= 4 is 17.5 Å². The monoisotopic (exact) mass is 237 g/mol. The number of anilines is 1. The Hall–Kier alpha value is -1.95. The van der Waals surface area contributed by atoms with Gasteiger partial charge in [0.2, 0.25) is 11.8 Å². The summed E-state index contributed by atoms with van der Waals surface area (Å²) in [6.07, 6.45) is 0. The van der Waals surface area contributed by atoms with Crippen molar-refractivity contribution in [3.63, 3.8) is 0 Å². The first kappa shape index (κ1) is 11.5. The Kier molecular flexibility index (Phi) is 2.81. The number of fused-ring (bicyclic) bond motifs is 1. The van der Waals surface area contributed by atoms with Gasteiger partial charge in [-0.15, -0.1) is 0 Å². The highest BCUT2D eigenvalue weighted by molar-refractivity contribution is 6.03. The molecule has 5 nitrogen and oxygen atoms in total. The Morgan fingerprint density at radius 2 is 2.29 bits per heavy atom. The number of amides is 2. The predicted octanol–water partition coefficient (Wildman–Crippen LogP) is 0.202. The molecule has 1 unspecified atom stereocenters. The van der Waals surface area contributed by atoms with E-state index in [2.05, 4.69) is 10.6 Å². The van der Waals surface area contributed by atoms with Gasteiger partial charge in [-0.25, -0.2) is 4.39 Å². The highest BCUT2D eigenvalue weighted by atomic mass is 19.1. The van der Waals surface area contributed by atoms with Gasteiger partial charge < -0.3 is 11.1 Å². The van der Waals surface area contributed by atoms with E-state index in [0.717, 1.165) is 0 Å². The fraction of sp³-hybridized carbons (Fsp3) is 0.273. The minimum absolute atomic E-state index is 0.132. The van der Waals surface area contributed by atoms with Crippen LogP contribution in [-0.4, -0.2) is 18.4 Å². The van der Waals surface area contributed by atoms with E-state index >= 15 is 0 Å². The van der Waals surface area contributed by atoms with Crippen LogP contribution in [0.4, 0.5) is 10.1 Å². The molecule has 1 aliphatic heterocycles. The second-order valence-electron chi connectivity index (χ2n) is 3.98. The molecule has 90 valence electrons. The van der Waals surface area contributed by atoms with Gasteiger partial charge >= 0.3 is 0 Å². The molecule has 1 aromatic carbocycles. The average Bonchev–Trinajstić information content (AvgIpc) is 2.52. The van der Waals surface area contributed by atoms with Crippen molar-refractivity contribution in [3.8, 4) is 0 Å². The molecule has 0 spiro atoms. The normalized spacial score (nSPS) is 17.8. The molecule has 1 aliphatic rings. The van der Waals surface area contributed by atoms with E-state index in [1.165, 1.54) is 6.07 Å². The molecule has 6 heteroatoms. The summed E-state index contributed by atoms with van der Waals surface area (Å²) >= 11 is 0. The highest BCUT2D eigenvalue weighted by Gasteiger charge is 2.32. The third kappa shape index (κ3) is 2.12. The second kappa shape index (κ2) is 4.14. The van der Waals surface area contributed by atoms with Crippen molar-refractivity contribution in [1.82, 2.24) is 5.32 Å². The SMILES string of the molecule is Cc1cc(F)c2c(c1)C(NCC(N)=O)C(=O)N2. The van der Waals surface area contributed by atoms with Gasteiger partial charge in [-0.1, -0.05) is 6.07 Å². The van der Waals surface area contributed by atoms with Crippen LogP contribution in [0.2, 0.25) is 0 Å². The van der Waals surface area contributed by atoms with E-state index in [1.807, 2.05) is 0 Å². The first-order valence-electron chi connectivity index (χ1n) is 5.11. The van der Waals surface area contributed by atoms with Crippen LogP contribution in [0.25, 0.3) is 0 Å². The Morgan fingerprint density at radius 1 is 1.59 bits per heavy atom. The largest absolute Gasteiger partial charge is 0.369 e. The summed E-state index contributed by atoms with van der Waals surface area (Å²) in [5.74, 6) is -1.43. The van der Waals surface area contributed by atoms with Crippen molar-refractivity contribution in [2.75, 3.05) is 11.9 Å². The number of rotatable bonds is 3. The van der Waals surface area contributed by atoms with Gasteiger partial charge in [0.15, 0.2) is 0 Å². The van der Waals surface area contributed by atoms with Gasteiger partial charge in [0.25, 0.3) is 0 Å². The van der Waals surface area contributed by atoms with Crippen molar-refractivity contribution in [2.24, 2.45) is 5.73 Å². The van der Waals surface area contributed by atoms with Gasteiger partial charge in [-0.2, -0.15) is 0 Å². The van der Waals surface area contributed by atoms with Crippen LogP contribution in [0, 0.1) is 12.7 Å². The zero-order valence-electron chi connectivity index (χ0n) is 9.21. The maximum atomic E-state index is 13.6. The summed E-state index contributed by atoms with van der Waals surface area (Å²) in [6.45, 7) is 1.60. The molecule has 4 N–H and O–H groups in total. The summed E-state index contributed by atoms with van der Waals surface area (Å²) in [6, 6.07) is 2.32. The van der Waals surface area contributed by atoms with Gasteiger partial charge in [0.05, 0.1) is 12.2 Å². The van der Waals surface area contributed by atoms with Crippen molar-refractivity contribution in [3.05, 3.63) is 29.1 Å². The van der Waals surface area contributed by atoms with Crippen molar-refractivity contribution in [1.29, 1.82) is 0 Å². The Bertz CT molecular complexity index is 502. The number of carbonyl (C=O) groups excluding carboxylic acids is 2. The Balaban J connectivity index is 2.33. The van der Waals surface area contributed by atoms with Crippen LogP contribution in [0.15, 0.2) is 12.1 Å². The Labute approximate surface area is 97.2 Å². The standard InChI is InChI=1S/C11H12FN3O2/c1-5-2-6-9(7(12)3-5)15-11(17)10(6)14-4-8(13)16/h2-3,10,14H,4H2,1H3,(H2,13,16)(H,15,17). The van der Waals surface area contributed by atoms with Gasteiger partial charge in [-0.05, 0) is 18.6 Å². The number of halogens is 1. The maximum Gasteiger partial charge on any atom is 0.246 e. The van der Waals surface area contributed by atoms with E-state index in [4.69, 9.17) is 5.73 Å². The fourth-order valence-corrected chi connectivity index (χ4v) is 1.87. The highest BCUT2D eigenvalue weighted by Crippen LogP contribution is 2.33. The van der Waals surface area contributed by atoms with E-state index in [1.54, 1.807) is 13.0 Å². The minimum atomic E-state index is -0.730. The number of aryl methyl sites for hydroxylation is 1. The third-order valence-electron chi connectivity index (χ3n) is 2.57. The first-order valence-corrected chi connectivity index (χ1v) is 5.11. The lowest BCUT2D eigenvalue weighted by Gasteiger charge is -2.10. The Morgan fingerprint density at radius 3 is 2.94 bits per heavy atom. The number of hydrogen-bond donors (Lipinski definition) is 3. The van der Waals surface area contributed by atoms with E-state index < -0.39 is 17.8 Å². The lowest BCUT2D eigenvalue weighted by molar-refractivity contribution is -0.119. The summed E-state index contributed by atoms with van der Waals surface area (Å²) < 4.78 is 13.6. The summed E-state index contributed by atoms with van der Waals surface area (Å²) in [5, 5.41) is 5.13. The molecule has 0 bridgehead atoms. The zero-order chi connectivity index (χ0) is 12.6. The van der Waals surface area contributed by atoms with Crippen LogP contribution < -0.4 is 16.4 Å². The predicted molar refractivity (Wildman–Crippen MR) is 59.7 cm³/mol. The molecule has 0 saturated heterocycles. The average molecular weight is 237 g/mol. The van der Waals surface area contributed by atoms with Crippen molar-refractivity contribution < 1.29 is 14.0 Å². The molecule has 2 rings (SSSR count). The second-order valence-corrected chi connectivity index (χ2v) is 3.98. The number of primary amides is 1. The molecule has 1 heterocycles. The first-order chi connectivity index (χ1) is 7.99. The lowest BCUT2D eigenvalue weighted by Crippen LogP contribution is -2.34. The summed E-state index contributed by atoms with van der Waals surface area (Å²) in [5.41, 5.74) is 6.38. The van der Waals surface area contributed by atoms with E-state index in [9.17, 15) is 14.0 Å². The molecule has 0 fully saturated rings. The lowest BCUT2D eigenvalue weighted by atomic mass is 10.0. The van der Waals surface area contributed by atoms with Crippen LogP contribution in [0.1, 0.15) is 17.2 Å². The number of hydrogen-bond acceptors (Lipinski definition) is 3.